The maximum Gasteiger partial charge on any atom is 2.00 e. The molecule has 0 unspecified atom stereocenters. The van der Waals surface area contributed by atoms with Gasteiger partial charge in [-0.3, -0.25) is 4.98 Å². The molecular weight excluding hydrogens is 651 g/mol. The van der Waals surface area contributed by atoms with Crippen molar-refractivity contribution in [3.63, 3.8) is 0 Å². The van der Waals surface area contributed by atoms with Gasteiger partial charge < -0.3 is 4.74 Å². The van der Waals surface area contributed by atoms with Crippen LogP contribution in [0.5, 0.6) is 11.5 Å². The molecule has 1 aliphatic carbocycles. The molecule has 6 heteroatoms. The zero-order valence-electron chi connectivity index (χ0n) is 20.1. The van der Waals surface area contributed by atoms with E-state index in [2.05, 4.69) is 82.9 Å². The standard InChI is InChI=1S/C32H20N4O.Pt/c1-3-15-29-27(13-1)28-14-2-4-16-30(28)32(29,31-17-5-6-18-34-31)23-9-7-11-25(19-23)37-26-12-8-10-24(20-26)36-22-33-21-35-36;/h1-18,21-22H;/q-2;+2. The molecule has 7 rings (SSSR count). The molecule has 2 heterocycles. The molecule has 0 radical (unpaired) electrons. The van der Waals surface area contributed by atoms with E-state index in [4.69, 9.17) is 9.72 Å². The first-order valence-electron chi connectivity index (χ1n) is 12.0. The molecular formula is C32H20N4OPt. The monoisotopic (exact) mass is 671 g/mol. The van der Waals surface area contributed by atoms with Crippen LogP contribution in [0.4, 0.5) is 0 Å². The number of nitrogens with zero attached hydrogens (tertiary/aromatic N) is 4. The predicted octanol–water partition coefficient (Wildman–Crippen LogP) is 6.42. The van der Waals surface area contributed by atoms with Crippen molar-refractivity contribution in [1.29, 1.82) is 0 Å². The minimum absolute atomic E-state index is 0. The maximum atomic E-state index is 6.28. The molecule has 0 saturated heterocycles. The van der Waals surface area contributed by atoms with Gasteiger partial charge in [0.25, 0.3) is 0 Å². The molecule has 38 heavy (non-hydrogen) atoms. The molecule has 0 fully saturated rings. The molecule has 0 bridgehead atoms. The number of ether oxygens (including phenoxy) is 1. The summed E-state index contributed by atoms with van der Waals surface area (Å²) >= 11 is 0. The molecule has 1 aliphatic rings. The second-order valence-electron chi connectivity index (χ2n) is 8.83. The van der Waals surface area contributed by atoms with Gasteiger partial charge in [-0.25, -0.2) is 9.67 Å². The van der Waals surface area contributed by atoms with Crippen molar-refractivity contribution >= 4 is 0 Å². The Morgan fingerprint density at radius 2 is 1.37 bits per heavy atom. The number of fused-ring (bicyclic) bond motifs is 3. The second-order valence-corrected chi connectivity index (χ2v) is 8.83. The maximum absolute atomic E-state index is 6.28. The van der Waals surface area contributed by atoms with Crippen LogP contribution < -0.4 is 4.74 Å². The molecule has 0 amide bonds. The van der Waals surface area contributed by atoms with Crippen molar-refractivity contribution in [1.82, 2.24) is 19.7 Å². The average Bonchev–Trinajstić information content (AvgIpc) is 3.60. The first-order chi connectivity index (χ1) is 18.3. The van der Waals surface area contributed by atoms with Crippen LogP contribution in [0.15, 0.2) is 122 Å². The van der Waals surface area contributed by atoms with E-state index in [0.29, 0.717) is 11.5 Å². The van der Waals surface area contributed by atoms with Crippen LogP contribution in [0.25, 0.3) is 16.8 Å². The van der Waals surface area contributed by atoms with Gasteiger partial charge in [0.15, 0.2) is 0 Å². The quantitative estimate of drug-likeness (QED) is 0.199. The fourth-order valence-electron chi connectivity index (χ4n) is 5.33. The molecule has 184 valence electrons. The van der Waals surface area contributed by atoms with Crippen LogP contribution in [0, 0.1) is 12.1 Å². The number of rotatable bonds is 5. The zero-order valence-corrected chi connectivity index (χ0v) is 22.3. The van der Waals surface area contributed by atoms with E-state index in [1.807, 2.05) is 48.7 Å². The Labute approximate surface area is 235 Å². The Morgan fingerprint density at radius 1 is 0.684 bits per heavy atom. The van der Waals surface area contributed by atoms with E-state index < -0.39 is 5.41 Å². The topological polar surface area (TPSA) is 52.8 Å². The van der Waals surface area contributed by atoms with E-state index in [-0.39, 0.29) is 21.1 Å². The molecule has 6 aromatic rings. The van der Waals surface area contributed by atoms with Gasteiger partial charge in [-0.05, 0) is 40.1 Å². The summed E-state index contributed by atoms with van der Waals surface area (Å²) < 4.78 is 7.93. The Hall–Kier alpha value is -4.34. The fourth-order valence-corrected chi connectivity index (χ4v) is 5.33. The van der Waals surface area contributed by atoms with E-state index in [1.165, 1.54) is 28.6 Å². The van der Waals surface area contributed by atoms with Crippen molar-refractivity contribution in [2.45, 2.75) is 5.41 Å². The van der Waals surface area contributed by atoms with Crippen LogP contribution in [-0.2, 0) is 26.5 Å². The van der Waals surface area contributed by atoms with Crippen molar-refractivity contribution in [3.05, 3.63) is 156 Å². The fraction of sp³-hybridized carbons (Fsp3) is 0.0312. The first kappa shape index (κ1) is 24.0. The summed E-state index contributed by atoms with van der Waals surface area (Å²) in [6, 6.07) is 41.8. The van der Waals surface area contributed by atoms with E-state index in [9.17, 15) is 0 Å². The van der Waals surface area contributed by atoms with Crippen molar-refractivity contribution < 1.29 is 25.8 Å². The third-order valence-corrected chi connectivity index (χ3v) is 6.81. The number of hydrogen-bond acceptors (Lipinski definition) is 4. The van der Waals surface area contributed by atoms with E-state index >= 15 is 0 Å². The minimum Gasteiger partial charge on any atom is -0.509 e. The summed E-state index contributed by atoms with van der Waals surface area (Å²) in [5, 5.41) is 4.19. The Kier molecular flexibility index (Phi) is 6.22. The number of benzene rings is 4. The normalized spacial score (nSPS) is 12.7. The Bertz CT molecular complexity index is 1670. The Balaban J connectivity index is 0.00000264. The van der Waals surface area contributed by atoms with Crippen LogP contribution in [0.3, 0.4) is 0 Å². The van der Waals surface area contributed by atoms with Crippen LogP contribution >= 0.6 is 0 Å². The van der Waals surface area contributed by atoms with Crippen molar-refractivity contribution in [3.8, 4) is 28.3 Å². The number of pyridine rings is 1. The van der Waals surface area contributed by atoms with Crippen molar-refractivity contribution in [2.75, 3.05) is 0 Å². The van der Waals surface area contributed by atoms with Gasteiger partial charge in [0.05, 0.1) is 11.1 Å². The SMILES string of the molecule is [Pt+2].[c-]1c(Oc2[c-]c(C3(c4ccccn4)c4ccccc4-c4ccccc43)ccc2)cccc1-n1cncn1. The molecule has 0 spiro atoms. The van der Waals surface area contributed by atoms with Crippen LogP contribution in [0.2, 0.25) is 0 Å². The van der Waals surface area contributed by atoms with E-state index in [0.717, 1.165) is 16.9 Å². The molecule has 2 aromatic heterocycles. The van der Waals surface area contributed by atoms with Gasteiger partial charge in [0.1, 0.15) is 12.7 Å². The molecule has 0 N–H and O–H groups in total. The summed E-state index contributed by atoms with van der Waals surface area (Å²) in [6.07, 6.45) is 4.98. The van der Waals surface area contributed by atoms with Gasteiger partial charge in [-0.2, -0.15) is 23.3 Å². The smallest absolute Gasteiger partial charge is 0.509 e. The minimum atomic E-state index is -0.625. The van der Waals surface area contributed by atoms with Gasteiger partial charge in [-0.1, -0.05) is 54.6 Å². The van der Waals surface area contributed by atoms with Crippen LogP contribution in [0.1, 0.15) is 22.4 Å². The van der Waals surface area contributed by atoms with E-state index in [1.54, 1.807) is 11.0 Å². The zero-order chi connectivity index (χ0) is 24.7. The van der Waals surface area contributed by atoms with Crippen molar-refractivity contribution in [2.24, 2.45) is 0 Å². The van der Waals surface area contributed by atoms with Gasteiger partial charge in [-0.15, -0.1) is 35.9 Å². The third kappa shape index (κ3) is 3.79. The van der Waals surface area contributed by atoms with Gasteiger partial charge >= 0.3 is 21.1 Å². The second kappa shape index (κ2) is 9.85. The third-order valence-electron chi connectivity index (χ3n) is 6.81. The Morgan fingerprint density at radius 3 is 2.05 bits per heavy atom. The largest absolute Gasteiger partial charge is 2.00 e. The molecule has 5 nitrogen and oxygen atoms in total. The summed E-state index contributed by atoms with van der Waals surface area (Å²) in [4.78, 5) is 8.90. The summed E-state index contributed by atoms with van der Waals surface area (Å²) in [5.74, 6) is 1.17. The molecule has 0 saturated carbocycles. The summed E-state index contributed by atoms with van der Waals surface area (Å²) in [6.45, 7) is 0. The van der Waals surface area contributed by atoms with Gasteiger partial charge in [0.2, 0.25) is 0 Å². The molecule has 0 aliphatic heterocycles. The first-order valence-corrected chi connectivity index (χ1v) is 12.0. The van der Waals surface area contributed by atoms with Crippen LogP contribution in [-0.4, -0.2) is 19.7 Å². The van der Waals surface area contributed by atoms with Gasteiger partial charge in [0, 0.05) is 17.7 Å². The number of aromatic nitrogens is 4. The number of hydrogen-bond donors (Lipinski definition) is 0. The predicted molar refractivity (Wildman–Crippen MR) is 141 cm³/mol. The molecule has 0 atom stereocenters. The average molecular weight is 672 g/mol. The molecule has 4 aromatic carbocycles. The summed E-state index contributed by atoms with van der Waals surface area (Å²) in [7, 11) is 0. The summed E-state index contributed by atoms with van der Waals surface area (Å²) in [5.41, 5.74) is 6.81.